The molecule has 1 fully saturated rings. The first kappa shape index (κ1) is 11.4. The molecule has 94 valence electrons. The standard InChI is InChI=1S/C14H15NO3/c16-14(17)11-1-3-15-13-7-10(6-12(11)13)5-9-2-4-18-8-9/h1,3,7,9H,2,4-6,8H2,(H,16,17). The van der Waals surface area contributed by atoms with Gasteiger partial charge in [0.05, 0.1) is 11.3 Å². The number of rotatable bonds is 3. The minimum Gasteiger partial charge on any atom is -0.478 e. The molecule has 1 N–H and O–H groups in total. The predicted octanol–water partition coefficient (Wildman–Crippen LogP) is 2.15. The van der Waals surface area contributed by atoms with E-state index in [1.54, 1.807) is 12.3 Å². The number of carboxylic acid groups (broad SMARTS) is 1. The monoisotopic (exact) mass is 245 g/mol. The third-order valence-corrected chi connectivity index (χ3v) is 3.64. The van der Waals surface area contributed by atoms with Crippen LogP contribution in [-0.4, -0.2) is 29.3 Å². The van der Waals surface area contributed by atoms with E-state index >= 15 is 0 Å². The van der Waals surface area contributed by atoms with Crippen molar-refractivity contribution in [3.05, 3.63) is 34.7 Å². The van der Waals surface area contributed by atoms with Gasteiger partial charge >= 0.3 is 5.97 Å². The smallest absolute Gasteiger partial charge is 0.336 e. The van der Waals surface area contributed by atoms with Gasteiger partial charge in [-0.2, -0.15) is 0 Å². The Morgan fingerprint density at radius 2 is 2.44 bits per heavy atom. The minimum absolute atomic E-state index is 0.383. The Morgan fingerprint density at radius 1 is 1.56 bits per heavy atom. The summed E-state index contributed by atoms with van der Waals surface area (Å²) in [6, 6.07) is 1.58. The van der Waals surface area contributed by atoms with Crippen molar-refractivity contribution in [1.82, 2.24) is 4.98 Å². The summed E-state index contributed by atoms with van der Waals surface area (Å²) in [6.07, 6.45) is 6.43. The van der Waals surface area contributed by atoms with Crippen molar-refractivity contribution in [3.63, 3.8) is 0 Å². The van der Waals surface area contributed by atoms with Crippen LogP contribution in [0.4, 0.5) is 0 Å². The molecule has 1 atom stereocenters. The summed E-state index contributed by atoms with van der Waals surface area (Å²) in [5.41, 5.74) is 3.35. The number of ether oxygens (including phenoxy) is 1. The lowest BCUT2D eigenvalue weighted by Crippen LogP contribution is -2.05. The molecule has 0 saturated carbocycles. The number of pyridine rings is 1. The van der Waals surface area contributed by atoms with Gasteiger partial charge in [-0.1, -0.05) is 5.57 Å². The maximum atomic E-state index is 11.1. The van der Waals surface area contributed by atoms with Gasteiger partial charge in [-0.25, -0.2) is 4.79 Å². The van der Waals surface area contributed by atoms with E-state index in [0.29, 0.717) is 11.5 Å². The summed E-state index contributed by atoms with van der Waals surface area (Å²) in [5, 5.41) is 9.15. The fourth-order valence-electron chi connectivity index (χ4n) is 2.74. The number of fused-ring (bicyclic) bond motifs is 1. The number of carboxylic acids is 1. The predicted molar refractivity (Wildman–Crippen MR) is 66.4 cm³/mol. The number of carbonyl (C=O) groups is 1. The van der Waals surface area contributed by atoms with E-state index in [4.69, 9.17) is 9.84 Å². The van der Waals surface area contributed by atoms with Crippen LogP contribution in [-0.2, 0) is 11.2 Å². The Kier molecular flexibility index (Phi) is 2.88. The van der Waals surface area contributed by atoms with Gasteiger partial charge in [-0.05, 0) is 42.9 Å². The second-order valence-electron chi connectivity index (χ2n) is 4.94. The van der Waals surface area contributed by atoms with Crippen molar-refractivity contribution in [1.29, 1.82) is 0 Å². The van der Waals surface area contributed by atoms with Crippen LogP contribution in [0.5, 0.6) is 0 Å². The SMILES string of the molecule is O=C(O)c1ccnc2c1CC(CC1CCOC1)=C2. The van der Waals surface area contributed by atoms with Gasteiger partial charge in [-0.15, -0.1) is 0 Å². The molecule has 4 nitrogen and oxygen atoms in total. The molecule has 0 radical (unpaired) electrons. The van der Waals surface area contributed by atoms with Gasteiger partial charge < -0.3 is 9.84 Å². The van der Waals surface area contributed by atoms with Crippen LogP contribution in [0.15, 0.2) is 17.8 Å². The van der Waals surface area contributed by atoms with Gasteiger partial charge in [0.1, 0.15) is 0 Å². The third-order valence-electron chi connectivity index (χ3n) is 3.64. The Hall–Kier alpha value is -1.68. The number of aromatic nitrogens is 1. The molecule has 3 rings (SSSR count). The molecular weight excluding hydrogens is 230 g/mol. The first-order valence-electron chi connectivity index (χ1n) is 6.22. The van der Waals surface area contributed by atoms with E-state index in [9.17, 15) is 4.79 Å². The zero-order valence-electron chi connectivity index (χ0n) is 10.1. The quantitative estimate of drug-likeness (QED) is 0.886. The van der Waals surface area contributed by atoms with Crippen molar-refractivity contribution in [3.8, 4) is 0 Å². The normalized spacial score (nSPS) is 21.8. The Morgan fingerprint density at radius 3 is 3.17 bits per heavy atom. The Balaban J connectivity index is 1.79. The molecule has 2 heterocycles. The summed E-state index contributed by atoms with van der Waals surface area (Å²) >= 11 is 0. The molecule has 0 spiro atoms. The van der Waals surface area contributed by atoms with Crippen molar-refractivity contribution >= 4 is 12.0 Å². The van der Waals surface area contributed by atoms with Crippen LogP contribution in [0.25, 0.3) is 6.08 Å². The van der Waals surface area contributed by atoms with Crippen LogP contribution in [0.3, 0.4) is 0 Å². The first-order valence-corrected chi connectivity index (χ1v) is 6.22. The fraction of sp³-hybridized carbons (Fsp3) is 0.429. The zero-order chi connectivity index (χ0) is 12.5. The van der Waals surface area contributed by atoms with Gasteiger partial charge in [0.15, 0.2) is 0 Å². The number of hydrogen-bond donors (Lipinski definition) is 1. The van der Waals surface area contributed by atoms with Crippen molar-refractivity contribution in [2.75, 3.05) is 13.2 Å². The summed E-state index contributed by atoms with van der Waals surface area (Å²) in [7, 11) is 0. The van der Waals surface area contributed by atoms with Crippen LogP contribution in [0, 0.1) is 5.92 Å². The number of hydrogen-bond acceptors (Lipinski definition) is 3. The zero-order valence-corrected chi connectivity index (χ0v) is 10.1. The number of aromatic carboxylic acids is 1. The van der Waals surface area contributed by atoms with Gasteiger partial charge in [0, 0.05) is 19.4 Å². The molecule has 1 aliphatic carbocycles. The van der Waals surface area contributed by atoms with Crippen LogP contribution >= 0.6 is 0 Å². The van der Waals surface area contributed by atoms with E-state index in [0.717, 1.165) is 43.7 Å². The molecule has 1 saturated heterocycles. The summed E-state index contributed by atoms with van der Waals surface area (Å²) in [6.45, 7) is 1.68. The largest absolute Gasteiger partial charge is 0.478 e. The molecule has 1 aromatic heterocycles. The molecule has 0 aromatic carbocycles. The lowest BCUT2D eigenvalue weighted by atomic mass is 9.96. The van der Waals surface area contributed by atoms with Gasteiger partial charge in [0.25, 0.3) is 0 Å². The van der Waals surface area contributed by atoms with E-state index < -0.39 is 5.97 Å². The molecule has 4 heteroatoms. The maximum absolute atomic E-state index is 11.1. The molecule has 1 aliphatic heterocycles. The fourth-order valence-corrected chi connectivity index (χ4v) is 2.74. The average molecular weight is 245 g/mol. The molecule has 1 unspecified atom stereocenters. The Bertz CT molecular complexity index is 516. The minimum atomic E-state index is -0.868. The highest BCUT2D eigenvalue weighted by atomic mass is 16.5. The van der Waals surface area contributed by atoms with E-state index in [1.807, 2.05) is 6.08 Å². The van der Waals surface area contributed by atoms with Crippen LogP contribution < -0.4 is 0 Å². The molecule has 0 amide bonds. The summed E-state index contributed by atoms with van der Waals surface area (Å²) in [4.78, 5) is 15.4. The third kappa shape index (κ3) is 2.04. The van der Waals surface area contributed by atoms with E-state index in [1.165, 1.54) is 5.57 Å². The van der Waals surface area contributed by atoms with E-state index in [-0.39, 0.29) is 0 Å². The van der Waals surface area contributed by atoms with Crippen molar-refractivity contribution in [2.24, 2.45) is 5.92 Å². The topological polar surface area (TPSA) is 59.4 Å². The highest BCUT2D eigenvalue weighted by Gasteiger charge is 2.24. The summed E-state index contributed by atoms with van der Waals surface area (Å²) < 4.78 is 5.37. The lowest BCUT2D eigenvalue weighted by molar-refractivity contribution is 0.0695. The van der Waals surface area contributed by atoms with E-state index in [2.05, 4.69) is 4.98 Å². The second-order valence-corrected chi connectivity index (χ2v) is 4.94. The molecule has 1 aromatic rings. The molecule has 2 aliphatic rings. The number of nitrogens with zero attached hydrogens (tertiary/aromatic N) is 1. The van der Waals surface area contributed by atoms with Crippen LogP contribution in [0.1, 0.15) is 34.5 Å². The number of allylic oxidation sites excluding steroid dienone is 1. The maximum Gasteiger partial charge on any atom is 0.336 e. The van der Waals surface area contributed by atoms with Crippen molar-refractivity contribution < 1.29 is 14.6 Å². The van der Waals surface area contributed by atoms with Gasteiger partial charge in [0.2, 0.25) is 0 Å². The highest BCUT2D eigenvalue weighted by Crippen LogP contribution is 2.31. The molecule has 0 bridgehead atoms. The molecular formula is C14H15NO3. The second kappa shape index (κ2) is 4.53. The van der Waals surface area contributed by atoms with Crippen molar-refractivity contribution in [2.45, 2.75) is 19.3 Å². The molecule has 18 heavy (non-hydrogen) atoms. The lowest BCUT2D eigenvalue weighted by Gasteiger charge is -2.08. The van der Waals surface area contributed by atoms with Gasteiger partial charge in [-0.3, -0.25) is 4.98 Å². The summed E-state index contributed by atoms with van der Waals surface area (Å²) in [5.74, 6) is -0.286. The Labute approximate surface area is 105 Å². The average Bonchev–Trinajstić information content (AvgIpc) is 2.96. The highest BCUT2D eigenvalue weighted by molar-refractivity contribution is 5.91. The van der Waals surface area contributed by atoms with Crippen LogP contribution in [0.2, 0.25) is 0 Å². The first-order chi connectivity index (χ1) is 8.74.